The summed E-state index contributed by atoms with van der Waals surface area (Å²) in [5.74, 6) is -0.660. The number of carbonyl (C=O) groups is 1. The van der Waals surface area contributed by atoms with E-state index in [2.05, 4.69) is 4.99 Å². The summed E-state index contributed by atoms with van der Waals surface area (Å²) in [6.45, 7) is 0. The van der Waals surface area contributed by atoms with E-state index in [1.165, 1.54) is 32.8 Å². The van der Waals surface area contributed by atoms with Gasteiger partial charge in [0.1, 0.15) is 10.2 Å². The fourth-order valence-corrected chi connectivity index (χ4v) is 4.34. The largest absolute Gasteiger partial charge is 0.285 e. The van der Waals surface area contributed by atoms with Crippen LogP contribution >= 0.6 is 32.3 Å². The molecule has 0 unspecified atom stereocenters. The van der Waals surface area contributed by atoms with E-state index in [1.807, 2.05) is 30.3 Å². The third kappa shape index (κ3) is 3.59. The first kappa shape index (κ1) is 16.5. The maximum atomic E-state index is 12.3. The average molecular weight is 377 g/mol. The summed E-state index contributed by atoms with van der Waals surface area (Å²) in [4.78, 5) is 27.7. The van der Waals surface area contributed by atoms with Gasteiger partial charge in [-0.15, -0.1) is 0 Å². The fraction of sp³-hybridized carbons (Fsp3) is 0. The molecular weight excluding hydrogens is 368 g/mol. The number of amides is 1. The molecule has 2 aromatic carbocycles. The first-order valence-corrected chi connectivity index (χ1v) is 9.26. The van der Waals surface area contributed by atoms with Gasteiger partial charge in [-0.1, -0.05) is 62.6 Å². The maximum Gasteiger partial charge on any atom is 0.285 e. The predicted octanol–water partition coefficient (Wildman–Crippen LogP) is 4.78. The molecule has 3 aromatic rings. The number of rotatable bonds is 3. The minimum atomic E-state index is -0.660. The van der Waals surface area contributed by atoms with Crippen molar-refractivity contribution in [2.24, 2.45) is 4.99 Å². The minimum Gasteiger partial charge on any atom is -0.266 e. The second kappa shape index (κ2) is 7.04. The van der Waals surface area contributed by atoms with Crippen molar-refractivity contribution in [3.8, 4) is 10.4 Å². The number of halogens is 1. The molecule has 0 saturated heterocycles. The lowest BCUT2D eigenvalue weighted by Gasteiger charge is -1.98. The van der Waals surface area contributed by atoms with E-state index >= 15 is 0 Å². The maximum absolute atomic E-state index is 12.3. The highest BCUT2D eigenvalue weighted by Gasteiger charge is 2.20. The van der Waals surface area contributed by atoms with Gasteiger partial charge in [-0.05, 0) is 23.8 Å². The zero-order valence-corrected chi connectivity index (χ0v) is 14.4. The molecule has 0 radical (unpaired) electrons. The van der Waals surface area contributed by atoms with Crippen molar-refractivity contribution < 1.29 is 9.72 Å². The van der Waals surface area contributed by atoms with Crippen molar-refractivity contribution in [1.29, 1.82) is 0 Å². The van der Waals surface area contributed by atoms with Gasteiger partial charge in [0, 0.05) is 16.0 Å². The zero-order chi connectivity index (χ0) is 17.1. The van der Waals surface area contributed by atoms with E-state index in [1.54, 1.807) is 6.07 Å². The van der Waals surface area contributed by atoms with Gasteiger partial charge in [-0.3, -0.25) is 14.9 Å². The first-order chi connectivity index (χ1) is 11.5. The summed E-state index contributed by atoms with van der Waals surface area (Å²) < 4.78 is 0.508. The standard InChI is InChI=1S/C16H9ClN2O3S2/c17-11-6-7-12(13(8-11)19(21)22)16(20)18-15-9-14(23-24-15)10-4-2-1-3-5-10/h1-9H. The summed E-state index contributed by atoms with van der Waals surface area (Å²) in [5.41, 5.74) is 0.606. The fourth-order valence-electron chi connectivity index (χ4n) is 2.03. The molecule has 1 aromatic heterocycles. The summed E-state index contributed by atoms with van der Waals surface area (Å²) in [6.07, 6.45) is 0. The lowest BCUT2D eigenvalue weighted by atomic mass is 10.1. The predicted molar refractivity (Wildman–Crippen MR) is 95.6 cm³/mol. The van der Waals surface area contributed by atoms with Gasteiger partial charge in [0.05, 0.1) is 4.92 Å². The molecule has 5 nitrogen and oxygen atoms in total. The third-order valence-corrected chi connectivity index (χ3v) is 5.66. The molecule has 0 spiro atoms. The number of hydrogen-bond acceptors (Lipinski definition) is 5. The average Bonchev–Trinajstić information content (AvgIpc) is 3.04. The normalized spacial score (nSPS) is 11.5. The van der Waals surface area contributed by atoms with Crippen molar-refractivity contribution in [1.82, 2.24) is 0 Å². The van der Waals surface area contributed by atoms with Crippen LogP contribution in [0, 0.1) is 10.1 Å². The van der Waals surface area contributed by atoms with Crippen LogP contribution in [0.2, 0.25) is 5.02 Å². The van der Waals surface area contributed by atoms with Crippen LogP contribution in [0.3, 0.4) is 0 Å². The summed E-state index contributed by atoms with van der Waals surface area (Å²) >= 11 is 5.75. The first-order valence-electron chi connectivity index (χ1n) is 6.73. The Bertz CT molecular complexity index is 980. The molecule has 24 heavy (non-hydrogen) atoms. The van der Waals surface area contributed by atoms with E-state index < -0.39 is 10.8 Å². The van der Waals surface area contributed by atoms with Crippen LogP contribution in [0.4, 0.5) is 5.69 Å². The van der Waals surface area contributed by atoms with Gasteiger partial charge in [0.25, 0.3) is 11.6 Å². The Hall–Kier alpha value is -2.35. The Morgan fingerprint density at radius 1 is 1.08 bits per heavy atom. The number of carbonyl (C=O) groups excluding carboxylic acids is 1. The van der Waals surface area contributed by atoms with Gasteiger partial charge in [0.15, 0.2) is 0 Å². The Morgan fingerprint density at radius 3 is 2.54 bits per heavy atom. The van der Waals surface area contributed by atoms with Crippen molar-refractivity contribution in [2.45, 2.75) is 0 Å². The molecule has 120 valence electrons. The highest BCUT2D eigenvalue weighted by molar-refractivity contribution is 7.69. The highest BCUT2D eigenvalue weighted by Crippen LogP contribution is 2.26. The molecule has 0 aliphatic heterocycles. The van der Waals surface area contributed by atoms with E-state index in [9.17, 15) is 14.9 Å². The van der Waals surface area contributed by atoms with Crippen molar-refractivity contribution in [3.05, 3.63) is 80.0 Å². The highest BCUT2D eigenvalue weighted by atomic mass is 35.5. The smallest absolute Gasteiger partial charge is 0.266 e. The number of nitro benzene ring substituents is 1. The van der Waals surface area contributed by atoms with Crippen molar-refractivity contribution >= 4 is 43.9 Å². The van der Waals surface area contributed by atoms with Crippen LogP contribution in [-0.4, -0.2) is 10.8 Å². The van der Waals surface area contributed by atoms with Crippen molar-refractivity contribution in [3.63, 3.8) is 0 Å². The van der Waals surface area contributed by atoms with Gasteiger partial charge >= 0.3 is 0 Å². The van der Waals surface area contributed by atoms with Gasteiger partial charge in [-0.2, -0.15) is 4.99 Å². The lowest BCUT2D eigenvalue weighted by Crippen LogP contribution is -2.05. The number of benzene rings is 2. The van der Waals surface area contributed by atoms with Crippen LogP contribution in [0.15, 0.2) is 59.6 Å². The van der Waals surface area contributed by atoms with Gasteiger partial charge < -0.3 is 0 Å². The molecule has 0 bridgehead atoms. The van der Waals surface area contributed by atoms with Crippen LogP contribution < -0.4 is 4.67 Å². The molecule has 0 fully saturated rings. The van der Waals surface area contributed by atoms with Crippen LogP contribution in [0.5, 0.6) is 0 Å². The molecule has 1 heterocycles. The topological polar surface area (TPSA) is 72.6 Å². The van der Waals surface area contributed by atoms with Gasteiger partial charge in [0.2, 0.25) is 0 Å². The minimum absolute atomic E-state index is 0.0796. The number of nitrogens with zero attached hydrogens (tertiary/aromatic N) is 2. The number of nitro groups is 1. The second-order valence-electron chi connectivity index (χ2n) is 4.72. The van der Waals surface area contributed by atoms with Crippen LogP contribution in [0.1, 0.15) is 10.4 Å². The third-order valence-electron chi connectivity index (χ3n) is 3.13. The Balaban J connectivity index is 1.97. The summed E-state index contributed by atoms with van der Waals surface area (Å²) in [6, 6.07) is 15.4. The molecular formula is C16H9ClN2O3S2. The second-order valence-corrected chi connectivity index (χ2v) is 7.34. The SMILES string of the molecule is O=C(N=c1cc(-c2ccccc2)ss1)c1ccc(Cl)cc1[N+](=O)[O-]. The Morgan fingerprint density at radius 2 is 1.83 bits per heavy atom. The van der Waals surface area contributed by atoms with Crippen LogP contribution in [0.25, 0.3) is 10.4 Å². The molecule has 0 aliphatic carbocycles. The van der Waals surface area contributed by atoms with E-state index in [0.29, 0.717) is 4.67 Å². The summed E-state index contributed by atoms with van der Waals surface area (Å²) in [7, 11) is 2.84. The van der Waals surface area contributed by atoms with Gasteiger partial charge in [-0.25, -0.2) is 0 Å². The molecule has 0 atom stereocenters. The van der Waals surface area contributed by atoms with E-state index in [0.717, 1.165) is 16.5 Å². The lowest BCUT2D eigenvalue weighted by molar-refractivity contribution is -0.385. The Kier molecular flexibility index (Phi) is 4.84. The van der Waals surface area contributed by atoms with E-state index in [4.69, 9.17) is 11.6 Å². The molecule has 0 N–H and O–H groups in total. The zero-order valence-electron chi connectivity index (χ0n) is 12.0. The molecule has 0 aliphatic rings. The molecule has 0 saturated carbocycles. The van der Waals surface area contributed by atoms with E-state index in [-0.39, 0.29) is 16.3 Å². The Labute approximate surface area is 149 Å². The monoisotopic (exact) mass is 376 g/mol. The molecule has 3 rings (SSSR count). The quantitative estimate of drug-likeness (QED) is 0.375. The van der Waals surface area contributed by atoms with Crippen LogP contribution in [-0.2, 0) is 0 Å². The van der Waals surface area contributed by atoms with Crippen molar-refractivity contribution in [2.75, 3.05) is 0 Å². The molecule has 1 amide bonds. The molecule has 8 heteroatoms. The summed E-state index contributed by atoms with van der Waals surface area (Å²) in [5, 5.41) is 11.3. The number of hydrogen-bond donors (Lipinski definition) is 0.